The van der Waals surface area contributed by atoms with Gasteiger partial charge in [-0.3, -0.25) is 4.79 Å². The Labute approximate surface area is 149 Å². The lowest BCUT2D eigenvalue weighted by Gasteiger charge is -2.20. The Morgan fingerprint density at radius 2 is 2.17 bits per heavy atom. The first-order valence-electron chi connectivity index (χ1n) is 7.88. The molecule has 7 heteroatoms. The van der Waals surface area contributed by atoms with Gasteiger partial charge in [0.15, 0.2) is 0 Å². The molecular weight excluding hydrogens is 332 g/mol. The maximum atomic E-state index is 11.9. The molecule has 5 nitrogen and oxygen atoms in total. The zero-order valence-corrected chi connectivity index (χ0v) is 16.0. The van der Waals surface area contributed by atoms with Crippen LogP contribution in [0.15, 0.2) is 6.20 Å². The fourth-order valence-electron chi connectivity index (χ4n) is 3.09. The van der Waals surface area contributed by atoms with E-state index in [-0.39, 0.29) is 24.4 Å². The summed E-state index contributed by atoms with van der Waals surface area (Å²) in [6.07, 6.45) is 6.10. The van der Waals surface area contributed by atoms with E-state index < -0.39 is 0 Å². The zero-order chi connectivity index (χ0) is 16.1. The van der Waals surface area contributed by atoms with E-state index in [4.69, 9.17) is 0 Å². The van der Waals surface area contributed by atoms with Gasteiger partial charge in [0.2, 0.25) is 5.91 Å². The molecule has 0 spiro atoms. The number of halogens is 1. The van der Waals surface area contributed by atoms with Crippen molar-refractivity contribution < 1.29 is 4.79 Å². The fourth-order valence-corrected chi connectivity index (χ4v) is 3.43. The van der Waals surface area contributed by atoms with E-state index >= 15 is 0 Å². The van der Waals surface area contributed by atoms with Crippen LogP contribution in [0.2, 0.25) is 0 Å². The van der Waals surface area contributed by atoms with Crippen molar-refractivity contribution in [2.75, 3.05) is 30.0 Å². The molecule has 2 rings (SSSR count). The van der Waals surface area contributed by atoms with E-state index in [2.05, 4.69) is 27.1 Å². The van der Waals surface area contributed by atoms with Crippen molar-refractivity contribution in [3.05, 3.63) is 17.6 Å². The smallest absolute Gasteiger partial charge is 0.230 e. The summed E-state index contributed by atoms with van der Waals surface area (Å²) >= 11 is 1.56. The molecule has 1 saturated heterocycles. The number of hydrogen-bond donors (Lipinski definition) is 1. The highest BCUT2D eigenvalue weighted by Crippen LogP contribution is 2.27. The van der Waals surface area contributed by atoms with Gasteiger partial charge < -0.3 is 10.2 Å². The van der Waals surface area contributed by atoms with Crippen LogP contribution in [0.5, 0.6) is 0 Å². The minimum atomic E-state index is 0. The van der Waals surface area contributed by atoms with Crippen molar-refractivity contribution in [3.63, 3.8) is 0 Å². The summed E-state index contributed by atoms with van der Waals surface area (Å²) in [6, 6.07) is 0.217. The zero-order valence-electron chi connectivity index (χ0n) is 14.3. The van der Waals surface area contributed by atoms with Crippen LogP contribution >= 0.6 is 24.2 Å². The monoisotopic (exact) mass is 358 g/mol. The Bertz CT molecular complexity index is 529. The lowest BCUT2D eigenvalue weighted by molar-refractivity contribution is -0.119. The van der Waals surface area contributed by atoms with Crippen LogP contribution in [0, 0.1) is 19.8 Å². The van der Waals surface area contributed by atoms with Crippen LogP contribution in [0.1, 0.15) is 31.2 Å². The van der Waals surface area contributed by atoms with E-state index in [9.17, 15) is 4.79 Å². The van der Waals surface area contributed by atoms with Crippen molar-refractivity contribution in [2.24, 2.45) is 5.92 Å². The summed E-state index contributed by atoms with van der Waals surface area (Å²) in [6.45, 7) is 7.95. The second-order valence-electron chi connectivity index (χ2n) is 5.98. The van der Waals surface area contributed by atoms with Crippen LogP contribution in [0.4, 0.5) is 5.82 Å². The van der Waals surface area contributed by atoms with Gasteiger partial charge in [-0.2, -0.15) is 11.8 Å². The van der Waals surface area contributed by atoms with Crippen molar-refractivity contribution in [1.29, 1.82) is 0 Å². The number of carbonyl (C=O) groups is 1. The minimum Gasteiger partial charge on any atom is -0.354 e. The number of nitrogens with one attached hydrogen (secondary N) is 1. The number of rotatable bonds is 6. The highest BCUT2D eigenvalue weighted by atomic mass is 35.5. The van der Waals surface area contributed by atoms with E-state index in [1.54, 1.807) is 11.8 Å². The van der Waals surface area contributed by atoms with Gasteiger partial charge in [0.25, 0.3) is 0 Å². The van der Waals surface area contributed by atoms with Gasteiger partial charge in [0.1, 0.15) is 11.6 Å². The third-order valence-electron chi connectivity index (χ3n) is 4.09. The molecule has 1 fully saturated rings. The van der Waals surface area contributed by atoms with Crippen molar-refractivity contribution in [1.82, 2.24) is 15.3 Å². The summed E-state index contributed by atoms with van der Waals surface area (Å²) in [4.78, 5) is 23.1. The molecule has 1 N–H and O–H groups in total. The number of anilines is 1. The molecule has 0 bridgehead atoms. The maximum Gasteiger partial charge on any atom is 0.230 e. The van der Waals surface area contributed by atoms with Crippen molar-refractivity contribution in [3.8, 4) is 0 Å². The molecule has 0 aliphatic carbocycles. The molecule has 1 aromatic heterocycles. The molecule has 1 aliphatic heterocycles. The Morgan fingerprint density at radius 1 is 1.43 bits per heavy atom. The number of amides is 1. The first-order valence-corrected chi connectivity index (χ1v) is 9.28. The van der Waals surface area contributed by atoms with E-state index in [1.165, 1.54) is 0 Å². The fraction of sp³-hybridized carbons (Fsp3) is 0.688. The van der Waals surface area contributed by atoms with Gasteiger partial charge in [-0.25, -0.2) is 9.97 Å². The lowest BCUT2D eigenvalue weighted by Crippen LogP contribution is -2.41. The molecule has 0 radical (unpaired) electrons. The molecule has 130 valence electrons. The summed E-state index contributed by atoms with van der Waals surface area (Å²) in [7, 11) is 0. The predicted octanol–water partition coefficient (Wildman–Crippen LogP) is 2.60. The van der Waals surface area contributed by atoms with Crippen LogP contribution in [-0.2, 0) is 4.79 Å². The summed E-state index contributed by atoms with van der Waals surface area (Å²) < 4.78 is 0. The van der Waals surface area contributed by atoms with Gasteiger partial charge in [-0.1, -0.05) is 13.3 Å². The number of hydrogen-bond acceptors (Lipinski definition) is 5. The van der Waals surface area contributed by atoms with E-state index in [1.807, 2.05) is 26.3 Å². The van der Waals surface area contributed by atoms with Gasteiger partial charge in [0.05, 0.1) is 11.8 Å². The van der Waals surface area contributed by atoms with Gasteiger partial charge in [-0.05, 0) is 32.4 Å². The molecule has 1 amide bonds. The van der Waals surface area contributed by atoms with E-state index in [0.29, 0.717) is 11.7 Å². The van der Waals surface area contributed by atoms with Crippen molar-refractivity contribution in [2.45, 2.75) is 39.7 Å². The summed E-state index contributed by atoms with van der Waals surface area (Å²) in [5.41, 5.74) is 1.09. The van der Waals surface area contributed by atoms with Gasteiger partial charge in [-0.15, -0.1) is 12.4 Å². The number of nitrogens with zero attached hydrogens (tertiary/aromatic N) is 3. The number of aromatic nitrogens is 2. The molecule has 1 aliphatic rings. The molecule has 2 atom stereocenters. The van der Waals surface area contributed by atoms with Crippen LogP contribution < -0.4 is 10.2 Å². The highest BCUT2D eigenvalue weighted by molar-refractivity contribution is 7.99. The molecule has 0 aromatic carbocycles. The Balaban J connectivity index is 0.00000264. The number of thioether (sulfide) groups is 1. The second kappa shape index (κ2) is 9.33. The van der Waals surface area contributed by atoms with Crippen molar-refractivity contribution >= 4 is 35.9 Å². The first kappa shape index (κ1) is 20.0. The topological polar surface area (TPSA) is 58.1 Å². The Morgan fingerprint density at radius 3 is 2.83 bits per heavy atom. The molecule has 1 aromatic rings. The number of aryl methyl sites for hydroxylation is 2. The quantitative estimate of drug-likeness (QED) is 0.847. The average molecular weight is 359 g/mol. The van der Waals surface area contributed by atoms with Crippen LogP contribution in [0.25, 0.3) is 0 Å². The molecule has 2 heterocycles. The summed E-state index contributed by atoms with van der Waals surface area (Å²) in [5, 5.41) is 3.20. The molecule has 0 unspecified atom stereocenters. The Hall–Kier alpha value is -1.01. The van der Waals surface area contributed by atoms with Crippen LogP contribution in [-0.4, -0.2) is 47.0 Å². The summed E-state index contributed by atoms with van der Waals surface area (Å²) in [5.74, 6) is 2.96. The molecule has 23 heavy (non-hydrogen) atoms. The molecule has 0 saturated carbocycles. The SMILES string of the molecule is CCC[C@H]1CN(c2nc(C)ncc2C)C[C@@H]1NC(=O)CSC.Cl. The minimum absolute atomic E-state index is 0. The lowest BCUT2D eigenvalue weighted by atomic mass is 9.98. The average Bonchev–Trinajstić information content (AvgIpc) is 2.85. The highest BCUT2D eigenvalue weighted by Gasteiger charge is 2.34. The first-order chi connectivity index (χ1) is 10.5. The largest absolute Gasteiger partial charge is 0.354 e. The third-order valence-corrected chi connectivity index (χ3v) is 4.64. The standard InChI is InChI=1S/C16H26N4OS.ClH/c1-5-6-13-8-20(9-14(13)19-15(21)10-22-4)16-11(2)7-17-12(3)18-16;/h7,13-14H,5-6,8-10H2,1-4H3,(H,19,21);1H/t13-,14-;/m0./s1. The number of carbonyl (C=O) groups excluding carboxylic acids is 1. The maximum absolute atomic E-state index is 11.9. The normalized spacial score (nSPS) is 20.3. The van der Waals surface area contributed by atoms with Gasteiger partial charge >= 0.3 is 0 Å². The predicted molar refractivity (Wildman–Crippen MR) is 99.7 cm³/mol. The Kier molecular flexibility index (Phi) is 8.12. The second-order valence-corrected chi connectivity index (χ2v) is 6.85. The third kappa shape index (κ3) is 5.24. The van der Waals surface area contributed by atoms with E-state index in [0.717, 1.165) is 43.1 Å². The molecular formula is C16H27ClN4OS. The van der Waals surface area contributed by atoms with Gasteiger partial charge in [0, 0.05) is 24.8 Å². The van der Waals surface area contributed by atoms with Crippen LogP contribution in [0.3, 0.4) is 0 Å².